The molecule has 0 fully saturated rings. The Balaban J connectivity index is 1.89. The number of benzene rings is 1. The fraction of sp³-hybridized carbons (Fsp3) is 0.526. The molecule has 0 unspecified atom stereocenters. The summed E-state index contributed by atoms with van der Waals surface area (Å²) in [5, 5.41) is 0.535. The van der Waals surface area contributed by atoms with Gasteiger partial charge in [-0.15, -0.1) is 0 Å². The lowest BCUT2D eigenvalue weighted by Crippen LogP contribution is -2.46. The number of amides is 1. The molecule has 1 aliphatic heterocycles. The maximum Gasteiger partial charge on any atom is 0.410 e. The van der Waals surface area contributed by atoms with Crippen molar-refractivity contribution in [3.8, 4) is 5.75 Å². The third kappa shape index (κ3) is 4.14. The molecule has 2 heterocycles. The maximum absolute atomic E-state index is 14.6. The Hall–Kier alpha value is -2.16. The molecule has 2 aromatic rings. The monoisotopic (exact) mass is 454 g/mol. The van der Waals surface area contributed by atoms with Gasteiger partial charge in [0.2, 0.25) is 0 Å². The molecule has 9 heteroatoms. The molecule has 1 aliphatic rings. The molecular formula is C19H24BrFN4O3. The minimum Gasteiger partial charge on any atom is -0.491 e. The number of ether oxygens (including phenoxy) is 2. The van der Waals surface area contributed by atoms with Crippen LogP contribution >= 0.6 is 15.9 Å². The number of rotatable bonds is 3. The van der Waals surface area contributed by atoms with Crippen LogP contribution in [0.5, 0.6) is 5.75 Å². The van der Waals surface area contributed by atoms with E-state index in [4.69, 9.17) is 9.47 Å². The van der Waals surface area contributed by atoms with Gasteiger partial charge in [0.15, 0.2) is 5.82 Å². The number of hydrogen-bond acceptors (Lipinski definition) is 6. The summed E-state index contributed by atoms with van der Waals surface area (Å²) in [5.41, 5.74) is -0.362. The van der Waals surface area contributed by atoms with Crippen LogP contribution in [0.1, 0.15) is 27.7 Å². The number of carbonyl (C=O) groups excluding carboxylic acids is 1. The van der Waals surface area contributed by atoms with Crippen LogP contribution in [0.25, 0.3) is 10.9 Å². The summed E-state index contributed by atoms with van der Waals surface area (Å²) in [4.78, 5) is 24.4. The van der Waals surface area contributed by atoms with Gasteiger partial charge in [-0.2, -0.15) is 0 Å². The van der Waals surface area contributed by atoms with Gasteiger partial charge in [-0.1, -0.05) is 0 Å². The Morgan fingerprint density at radius 1 is 1.46 bits per heavy atom. The molecule has 0 saturated carbocycles. The van der Waals surface area contributed by atoms with Crippen LogP contribution in [0.3, 0.4) is 0 Å². The number of hydrogen-bond donors (Lipinski definition) is 0. The normalized spacial score (nSPS) is 15.0. The van der Waals surface area contributed by atoms with E-state index in [0.29, 0.717) is 41.1 Å². The lowest BCUT2D eigenvalue weighted by atomic mass is 10.2. The minimum absolute atomic E-state index is 0.165. The molecule has 3 rings (SSSR count). The zero-order chi connectivity index (χ0) is 20.6. The van der Waals surface area contributed by atoms with E-state index in [2.05, 4.69) is 25.9 Å². The Bertz CT molecular complexity index is 903. The standard InChI is InChI=1S/C19H24BrFN4O3/c1-11(24(5)18(26)28-19(2,3)4)9-25-6-7-27-13-8-12(20)15(21)16-14(13)17(25)23-10-22-16/h8,10-11H,6-7,9H2,1-5H3/t11-/m1/s1. The average molecular weight is 455 g/mol. The van der Waals surface area contributed by atoms with Crippen molar-refractivity contribution < 1.29 is 18.7 Å². The molecular weight excluding hydrogens is 431 g/mol. The highest BCUT2D eigenvalue weighted by Crippen LogP contribution is 2.38. The van der Waals surface area contributed by atoms with Crippen molar-refractivity contribution in [1.82, 2.24) is 14.9 Å². The van der Waals surface area contributed by atoms with E-state index in [1.54, 1.807) is 18.0 Å². The van der Waals surface area contributed by atoms with Crippen LogP contribution in [0.2, 0.25) is 0 Å². The van der Waals surface area contributed by atoms with Gasteiger partial charge in [-0.05, 0) is 49.7 Å². The first-order chi connectivity index (χ1) is 13.1. The summed E-state index contributed by atoms with van der Waals surface area (Å²) in [7, 11) is 1.70. The van der Waals surface area contributed by atoms with Gasteiger partial charge in [0.25, 0.3) is 0 Å². The second-order valence-electron chi connectivity index (χ2n) is 7.83. The Morgan fingerprint density at radius 2 is 2.18 bits per heavy atom. The number of aromatic nitrogens is 2. The maximum atomic E-state index is 14.6. The first kappa shape index (κ1) is 20.6. The number of anilines is 1. The van der Waals surface area contributed by atoms with E-state index in [1.807, 2.05) is 32.6 Å². The molecule has 0 aliphatic carbocycles. The SMILES string of the molecule is C[C@H](CN1CCOc2cc(Br)c(F)c3ncnc1c23)N(C)C(=O)OC(C)(C)C. The van der Waals surface area contributed by atoms with Crippen molar-refractivity contribution in [3.63, 3.8) is 0 Å². The van der Waals surface area contributed by atoms with Gasteiger partial charge in [0.05, 0.1) is 16.4 Å². The molecule has 0 spiro atoms. The third-order valence-electron chi connectivity index (χ3n) is 4.49. The predicted molar refractivity (Wildman–Crippen MR) is 108 cm³/mol. The number of halogens is 2. The summed E-state index contributed by atoms with van der Waals surface area (Å²) >= 11 is 3.21. The van der Waals surface area contributed by atoms with Gasteiger partial charge in [-0.25, -0.2) is 19.2 Å². The molecule has 1 aromatic heterocycles. The van der Waals surface area contributed by atoms with Crippen LogP contribution in [0.15, 0.2) is 16.9 Å². The lowest BCUT2D eigenvalue weighted by Gasteiger charge is -2.32. The van der Waals surface area contributed by atoms with Crippen molar-refractivity contribution >= 4 is 38.7 Å². The number of nitrogens with zero attached hydrogens (tertiary/aromatic N) is 4. The molecule has 0 N–H and O–H groups in total. The van der Waals surface area contributed by atoms with Crippen molar-refractivity contribution in [1.29, 1.82) is 0 Å². The molecule has 0 radical (unpaired) electrons. The smallest absolute Gasteiger partial charge is 0.410 e. The van der Waals surface area contributed by atoms with Crippen molar-refractivity contribution in [2.24, 2.45) is 0 Å². The topological polar surface area (TPSA) is 67.8 Å². The molecule has 1 atom stereocenters. The van der Waals surface area contributed by atoms with Gasteiger partial charge >= 0.3 is 6.09 Å². The predicted octanol–water partition coefficient (Wildman–Crippen LogP) is 3.99. The van der Waals surface area contributed by atoms with E-state index in [0.717, 1.165) is 0 Å². The van der Waals surface area contributed by atoms with Crippen molar-refractivity contribution in [2.45, 2.75) is 39.3 Å². The molecule has 0 saturated heterocycles. The first-order valence-corrected chi connectivity index (χ1v) is 9.84. The molecule has 1 aromatic carbocycles. The number of likely N-dealkylation sites (N-methyl/N-ethyl adjacent to an activating group) is 1. The summed E-state index contributed by atoms with van der Waals surface area (Å²) in [6.07, 6.45) is 0.951. The highest BCUT2D eigenvalue weighted by Gasteiger charge is 2.28. The van der Waals surface area contributed by atoms with E-state index in [-0.39, 0.29) is 11.6 Å². The van der Waals surface area contributed by atoms with Gasteiger partial charge in [-0.3, -0.25) is 0 Å². The van der Waals surface area contributed by atoms with Crippen LogP contribution < -0.4 is 9.64 Å². The van der Waals surface area contributed by atoms with Crippen LogP contribution in [-0.2, 0) is 4.74 Å². The lowest BCUT2D eigenvalue weighted by molar-refractivity contribution is 0.0240. The van der Waals surface area contributed by atoms with Crippen LogP contribution in [-0.4, -0.2) is 59.3 Å². The summed E-state index contributed by atoms with van der Waals surface area (Å²) < 4.78 is 26.1. The summed E-state index contributed by atoms with van der Waals surface area (Å²) in [5.74, 6) is 0.676. The second kappa shape index (κ2) is 7.69. The quantitative estimate of drug-likeness (QED) is 0.698. The molecule has 152 valence electrons. The van der Waals surface area contributed by atoms with E-state index < -0.39 is 17.5 Å². The molecule has 1 amide bonds. The van der Waals surface area contributed by atoms with E-state index >= 15 is 0 Å². The van der Waals surface area contributed by atoms with Crippen LogP contribution in [0, 0.1) is 5.82 Å². The van der Waals surface area contributed by atoms with Crippen molar-refractivity contribution in [3.05, 3.63) is 22.7 Å². The third-order valence-corrected chi connectivity index (χ3v) is 5.07. The Morgan fingerprint density at radius 3 is 2.86 bits per heavy atom. The largest absolute Gasteiger partial charge is 0.491 e. The molecule has 28 heavy (non-hydrogen) atoms. The average Bonchev–Trinajstić information content (AvgIpc) is 2.78. The minimum atomic E-state index is -0.565. The van der Waals surface area contributed by atoms with Crippen molar-refractivity contribution in [2.75, 3.05) is 31.6 Å². The number of carbonyl (C=O) groups is 1. The van der Waals surface area contributed by atoms with Gasteiger partial charge < -0.3 is 19.3 Å². The molecule has 7 nitrogen and oxygen atoms in total. The summed E-state index contributed by atoms with van der Waals surface area (Å²) in [6.45, 7) is 8.86. The highest BCUT2D eigenvalue weighted by molar-refractivity contribution is 9.10. The Labute approximate surface area is 172 Å². The fourth-order valence-electron chi connectivity index (χ4n) is 2.99. The molecule has 0 bridgehead atoms. The fourth-order valence-corrected chi connectivity index (χ4v) is 3.39. The van der Waals surface area contributed by atoms with E-state index in [9.17, 15) is 9.18 Å². The Kier molecular flexibility index (Phi) is 5.65. The van der Waals surface area contributed by atoms with Gasteiger partial charge in [0.1, 0.15) is 35.6 Å². The summed E-state index contributed by atoms with van der Waals surface area (Å²) in [6, 6.07) is 1.44. The van der Waals surface area contributed by atoms with E-state index in [1.165, 1.54) is 6.33 Å². The zero-order valence-corrected chi connectivity index (χ0v) is 18.2. The second-order valence-corrected chi connectivity index (χ2v) is 8.68. The van der Waals surface area contributed by atoms with Crippen LogP contribution in [0.4, 0.5) is 15.0 Å². The zero-order valence-electron chi connectivity index (χ0n) is 16.6. The highest BCUT2D eigenvalue weighted by atomic mass is 79.9. The first-order valence-electron chi connectivity index (χ1n) is 9.04. The van der Waals surface area contributed by atoms with Gasteiger partial charge in [0, 0.05) is 19.6 Å².